The van der Waals surface area contributed by atoms with E-state index in [-0.39, 0.29) is 28.0 Å². The van der Waals surface area contributed by atoms with Crippen molar-refractivity contribution < 1.29 is 27.2 Å². The van der Waals surface area contributed by atoms with Gasteiger partial charge >= 0.3 is 6.18 Å². The molecule has 0 unspecified atom stereocenters. The zero-order valence-corrected chi connectivity index (χ0v) is 13.7. The number of allylic oxidation sites excluding steroid dienone is 2. The second kappa shape index (κ2) is 6.09. The summed E-state index contributed by atoms with van der Waals surface area (Å²) in [7, 11) is 0. The molecule has 3 aromatic rings. The Balaban J connectivity index is 1.95. The van der Waals surface area contributed by atoms with Crippen molar-refractivity contribution >= 4 is 22.7 Å². The zero-order chi connectivity index (χ0) is 19.2. The summed E-state index contributed by atoms with van der Waals surface area (Å²) in [4.78, 5) is 25.9. The number of benzene rings is 2. The molecule has 4 rings (SSSR count). The number of ketones is 2. The van der Waals surface area contributed by atoms with Crippen molar-refractivity contribution in [1.29, 1.82) is 0 Å². The molecule has 2 aromatic carbocycles. The molecule has 0 fully saturated rings. The van der Waals surface area contributed by atoms with Crippen LogP contribution in [0.5, 0.6) is 0 Å². The van der Waals surface area contributed by atoms with Crippen LogP contribution in [0.1, 0.15) is 37.6 Å². The van der Waals surface area contributed by atoms with Gasteiger partial charge in [-0.1, -0.05) is 42.5 Å². The highest BCUT2D eigenvalue weighted by molar-refractivity contribution is 6.51. The van der Waals surface area contributed by atoms with Crippen molar-refractivity contribution in [3.63, 3.8) is 0 Å². The molecule has 0 saturated carbocycles. The first-order valence-corrected chi connectivity index (χ1v) is 8.02. The smallest absolute Gasteiger partial charge is 0.416 e. The minimum Gasteiger partial charge on any atom is -0.460 e. The highest BCUT2D eigenvalue weighted by atomic mass is 19.4. The van der Waals surface area contributed by atoms with E-state index in [4.69, 9.17) is 4.42 Å². The van der Waals surface area contributed by atoms with Gasteiger partial charge in [-0.15, -0.1) is 0 Å². The van der Waals surface area contributed by atoms with E-state index in [2.05, 4.69) is 0 Å². The number of rotatable bonds is 2. The first-order chi connectivity index (χ1) is 12.9. The molecule has 3 nitrogen and oxygen atoms in total. The highest BCUT2D eigenvalue weighted by Gasteiger charge is 2.36. The number of furan rings is 1. The van der Waals surface area contributed by atoms with Gasteiger partial charge in [-0.3, -0.25) is 9.59 Å². The molecule has 134 valence electrons. The molecular weight excluding hydrogens is 357 g/mol. The quantitative estimate of drug-likeness (QED) is 0.618. The van der Waals surface area contributed by atoms with Crippen LogP contribution in [0.25, 0.3) is 11.1 Å². The van der Waals surface area contributed by atoms with Gasteiger partial charge < -0.3 is 4.42 Å². The fourth-order valence-corrected chi connectivity index (χ4v) is 3.12. The van der Waals surface area contributed by atoms with Crippen LogP contribution >= 0.6 is 0 Å². The summed E-state index contributed by atoms with van der Waals surface area (Å²) in [5, 5.41) is 0. The third-order valence-corrected chi connectivity index (χ3v) is 4.38. The molecular formula is C21H11F3O3. The molecule has 0 bridgehead atoms. The average Bonchev–Trinajstić information content (AvgIpc) is 3.15. The second-order valence-electron chi connectivity index (χ2n) is 6.01. The lowest BCUT2D eigenvalue weighted by Gasteiger charge is -2.19. The SMILES string of the molecule is O=C1C(c2ccccc2)=C(c2ccc(C(F)(F)F)cc2)C(=O)c2occc21. The van der Waals surface area contributed by atoms with Gasteiger partial charge in [0.1, 0.15) is 0 Å². The second-order valence-corrected chi connectivity index (χ2v) is 6.01. The molecule has 0 saturated heterocycles. The summed E-state index contributed by atoms with van der Waals surface area (Å²) in [6.45, 7) is 0. The maximum atomic E-state index is 13.0. The molecule has 1 aliphatic rings. The number of alkyl halides is 3. The summed E-state index contributed by atoms with van der Waals surface area (Å²) in [5.41, 5.74) is 0.229. The summed E-state index contributed by atoms with van der Waals surface area (Å²) >= 11 is 0. The highest BCUT2D eigenvalue weighted by Crippen LogP contribution is 2.39. The number of halogens is 3. The minimum absolute atomic E-state index is 0.0300. The van der Waals surface area contributed by atoms with Gasteiger partial charge in [0.2, 0.25) is 5.78 Å². The van der Waals surface area contributed by atoms with Gasteiger partial charge in [0.15, 0.2) is 11.5 Å². The van der Waals surface area contributed by atoms with Crippen molar-refractivity contribution in [2.24, 2.45) is 0 Å². The van der Waals surface area contributed by atoms with E-state index >= 15 is 0 Å². The maximum Gasteiger partial charge on any atom is 0.416 e. The number of hydrogen-bond acceptors (Lipinski definition) is 3. The third kappa shape index (κ3) is 2.79. The lowest BCUT2D eigenvalue weighted by Crippen LogP contribution is -2.19. The van der Waals surface area contributed by atoms with Crippen molar-refractivity contribution in [3.8, 4) is 0 Å². The van der Waals surface area contributed by atoms with E-state index in [0.717, 1.165) is 12.1 Å². The maximum absolute atomic E-state index is 13.0. The van der Waals surface area contributed by atoms with Crippen LogP contribution < -0.4 is 0 Å². The standard InChI is InChI=1S/C21H11F3O3/c22-21(23,24)14-8-6-13(7-9-14)17-16(12-4-2-1-3-5-12)18(25)15-10-11-27-20(15)19(17)26/h1-11H. The Morgan fingerprint density at radius 3 is 1.93 bits per heavy atom. The fourth-order valence-electron chi connectivity index (χ4n) is 3.12. The molecule has 0 N–H and O–H groups in total. The van der Waals surface area contributed by atoms with Gasteiger partial charge in [-0.2, -0.15) is 13.2 Å². The first-order valence-electron chi connectivity index (χ1n) is 8.02. The van der Waals surface area contributed by atoms with E-state index in [1.807, 2.05) is 0 Å². The number of fused-ring (bicyclic) bond motifs is 1. The van der Waals surface area contributed by atoms with Crippen molar-refractivity contribution in [2.45, 2.75) is 6.18 Å². The molecule has 27 heavy (non-hydrogen) atoms. The molecule has 6 heteroatoms. The Hall–Kier alpha value is -3.41. The predicted molar refractivity (Wildman–Crippen MR) is 92.1 cm³/mol. The minimum atomic E-state index is -4.49. The van der Waals surface area contributed by atoms with Crippen LogP contribution in [-0.2, 0) is 6.18 Å². The molecule has 0 atom stereocenters. The Labute approximate surface area is 151 Å². The summed E-state index contributed by atoms with van der Waals surface area (Å²) in [6.07, 6.45) is -3.24. The molecule has 0 radical (unpaired) electrons. The Morgan fingerprint density at radius 2 is 1.30 bits per heavy atom. The number of carbonyl (C=O) groups excluding carboxylic acids is 2. The van der Waals surface area contributed by atoms with Gasteiger partial charge in [-0.05, 0) is 29.3 Å². The molecule has 0 amide bonds. The largest absolute Gasteiger partial charge is 0.460 e. The van der Waals surface area contributed by atoms with E-state index < -0.39 is 23.3 Å². The third-order valence-electron chi connectivity index (χ3n) is 4.38. The van der Waals surface area contributed by atoms with E-state index in [1.54, 1.807) is 30.3 Å². The molecule has 1 heterocycles. The monoisotopic (exact) mass is 368 g/mol. The normalized spacial score (nSPS) is 14.5. The van der Waals surface area contributed by atoms with Gasteiger partial charge in [0, 0.05) is 11.1 Å². The van der Waals surface area contributed by atoms with E-state index in [0.29, 0.717) is 5.56 Å². The van der Waals surface area contributed by atoms with E-state index in [9.17, 15) is 22.8 Å². The van der Waals surface area contributed by atoms with Crippen LogP contribution in [0.4, 0.5) is 13.2 Å². The molecule has 0 spiro atoms. The van der Waals surface area contributed by atoms with E-state index in [1.165, 1.54) is 24.5 Å². The van der Waals surface area contributed by atoms with Crippen molar-refractivity contribution in [3.05, 3.63) is 94.9 Å². The Bertz CT molecular complexity index is 1070. The molecule has 1 aromatic heterocycles. The predicted octanol–water partition coefficient (Wildman–Crippen LogP) is 5.29. The topological polar surface area (TPSA) is 47.3 Å². The van der Waals surface area contributed by atoms with Crippen molar-refractivity contribution in [1.82, 2.24) is 0 Å². The molecule has 0 aliphatic heterocycles. The Morgan fingerprint density at radius 1 is 0.704 bits per heavy atom. The fraction of sp³-hybridized carbons (Fsp3) is 0.0476. The summed E-state index contributed by atoms with van der Waals surface area (Å²) < 4.78 is 43.7. The summed E-state index contributed by atoms with van der Waals surface area (Å²) in [6, 6.07) is 14.1. The average molecular weight is 368 g/mol. The number of hydrogen-bond donors (Lipinski definition) is 0. The Kier molecular flexibility index (Phi) is 3.84. The summed E-state index contributed by atoms with van der Waals surface area (Å²) in [5.74, 6) is -1.04. The lowest BCUT2D eigenvalue weighted by molar-refractivity contribution is -0.137. The van der Waals surface area contributed by atoms with Gasteiger partial charge in [0.05, 0.1) is 17.4 Å². The van der Waals surface area contributed by atoms with Crippen LogP contribution in [-0.4, -0.2) is 11.6 Å². The zero-order valence-electron chi connectivity index (χ0n) is 13.7. The van der Waals surface area contributed by atoms with Crippen LogP contribution in [0.2, 0.25) is 0 Å². The number of Topliss-reactive ketones (excluding diaryl/α,β-unsaturated/α-hetero) is 2. The van der Waals surface area contributed by atoms with Gasteiger partial charge in [-0.25, -0.2) is 0 Å². The van der Waals surface area contributed by atoms with Crippen LogP contribution in [0.15, 0.2) is 71.3 Å². The number of carbonyl (C=O) groups is 2. The first kappa shape index (κ1) is 17.0. The van der Waals surface area contributed by atoms with Crippen LogP contribution in [0.3, 0.4) is 0 Å². The van der Waals surface area contributed by atoms with Gasteiger partial charge in [0.25, 0.3) is 0 Å². The lowest BCUT2D eigenvalue weighted by atomic mass is 9.81. The van der Waals surface area contributed by atoms with Crippen LogP contribution in [0, 0.1) is 0 Å². The van der Waals surface area contributed by atoms with Crippen molar-refractivity contribution in [2.75, 3.05) is 0 Å². The molecule has 1 aliphatic carbocycles.